The van der Waals surface area contributed by atoms with Crippen molar-refractivity contribution >= 4 is 21.6 Å². The lowest BCUT2D eigenvalue weighted by molar-refractivity contribution is -0.0440. The van der Waals surface area contributed by atoms with Crippen molar-refractivity contribution in [1.29, 1.82) is 0 Å². The van der Waals surface area contributed by atoms with E-state index in [1.165, 1.54) is 28.6 Å². The second kappa shape index (κ2) is 7.53. The largest absolute Gasteiger partial charge is 0.373 e. The normalized spacial score (nSPS) is 21.3. The average molecular weight is 375 g/mol. The number of ether oxygens (including phenoxy) is 1. The molecule has 8 heteroatoms. The standard InChI is InChI=1S/C18H21N3O4S/c1-13-11-21(12-14(2)25-13)26(23,24)17-5-3-15(4-6-17)18(22)20-16-7-9-19-10-8-16/h3-10,13-14H,11-12H2,1-2H3,(H,19,20,22)/t13-,14-/m0/s1. The smallest absolute Gasteiger partial charge is 0.255 e. The van der Waals surface area contributed by atoms with Crippen LogP contribution in [0.3, 0.4) is 0 Å². The maximum absolute atomic E-state index is 12.8. The van der Waals surface area contributed by atoms with Crippen LogP contribution in [-0.4, -0.2) is 48.9 Å². The van der Waals surface area contributed by atoms with E-state index in [9.17, 15) is 13.2 Å². The number of hydrogen-bond donors (Lipinski definition) is 1. The zero-order chi connectivity index (χ0) is 18.7. The van der Waals surface area contributed by atoms with Crippen molar-refractivity contribution in [3.63, 3.8) is 0 Å². The fourth-order valence-electron chi connectivity index (χ4n) is 2.89. The molecule has 2 aromatic rings. The fraction of sp³-hybridized carbons (Fsp3) is 0.333. The number of anilines is 1. The highest BCUT2D eigenvalue weighted by molar-refractivity contribution is 7.89. The van der Waals surface area contributed by atoms with E-state index < -0.39 is 10.0 Å². The molecule has 1 aromatic carbocycles. The van der Waals surface area contributed by atoms with E-state index in [0.29, 0.717) is 24.3 Å². The van der Waals surface area contributed by atoms with Gasteiger partial charge in [-0.3, -0.25) is 9.78 Å². The molecule has 0 bridgehead atoms. The second-order valence-electron chi connectivity index (χ2n) is 6.29. The second-order valence-corrected chi connectivity index (χ2v) is 8.23. The Hall–Kier alpha value is -2.29. The number of morpholine rings is 1. The van der Waals surface area contributed by atoms with Gasteiger partial charge in [-0.1, -0.05) is 0 Å². The molecule has 1 aromatic heterocycles. The Balaban J connectivity index is 1.75. The minimum Gasteiger partial charge on any atom is -0.373 e. The van der Waals surface area contributed by atoms with Crippen LogP contribution in [0.2, 0.25) is 0 Å². The first-order chi connectivity index (χ1) is 12.4. The first kappa shape index (κ1) is 18.5. The number of carbonyl (C=O) groups is 1. The predicted molar refractivity (Wildman–Crippen MR) is 97.4 cm³/mol. The summed E-state index contributed by atoms with van der Waals surface area (Å²) in [6.45, 7) is 4.34. The number of pyridine rings is 1. The van der Waals surface area contributed by atoms with E-state index in [-0.39, 0.29) is 23.0 Å². The van der Waals surface area contributed by atoms with E-state index in [1.807, 2.05) is 13.8 Å². The summed E-state index contributed by atoms with van der Waals surface area (Å²) >= 11 is 0. The third-order valence-electron chi connectivity index (χ3n) is 4.08. The molecule has 1 saturated heterocycles. The lowest BCUT2D eigenvalue weighted by atomic mass is 10.2. The molecule has 0 unspecified atom stereocenters. The quantitative estimate of drug-likeness (QED) is 0.884. The Kier molecular flexibility index (Phi) is 5.36. The van der Waals surface area contributed by atoms with E-state index in [1.54, 1.807) is 24.5 Å². The third kappa shape index (κ3) is 4.09. The number of amides is 1. The Labute approximate surface area is 153 Å². The molecule has 0 spiro atoms. The van der Waals surface area contributed by atoms with Gasteiger partial charge in [-0.15, -0.1) is 0 Å². The lowest BCUT2D eigenvalue weighted by Crippen LogP contribution is -2.48. The van der Waals surface area contributed by atoms with Gasteiger partial charge in [0.2, 0.25) is 10.0 Å². The van der Waals surface area contributed by atoms with E-state index in [2.05, 4.69) is 10.3 Å². The predicted octanol–water partition coefficient (Wildman–Crippen LogP) is 2.13. The molecular formula is C18H21N3O4S. The number of nitrogens with zero attached hydrogens (tertiary/aromatic N) is 2. The zero-order valence-corrected chi connectivity index (χ0v) is 15.4. The molecule has 138 valence electrons. The fourth-order valence-corrected chi connectivity index (χ4v) is 4.48. The van der Waals surface area contributed by atoms with Crippen LogP contribution < -0.4 is 5.32 Å². The maximum atomic E-state index is 12.8. The van der Waals surface area contributed by atoms with Crippen molar-refractivity contribution in [3.05, 3.63) is 54.4 Å². The monoisotopic (exact) mass is 375 g/mol. The summed E-state index contributed by atoms with van der Waals surface area (Å²) in [6.07, 6.45) is 2.85. The molecule has 1 aliphatic rings. The van der Waals surface area contributed by atoms with Crippen molar-refractivity contribution in [2.45, 2.75) is 31.0 Å². The Morgan fingerprint density at radius 3 is 2.23 bits per heavy atom. The summed E-state index contributed by atoms with van der Waals surface area (Å²) in [6, 6.07) is 9.30. The summed E-state index contributed by atoms with van der Waals surface area (Å²) in [5.41, 5.74) is 1.00. The summed E-state index contributed by atoms with van der Waals surface area (Å²) in [5, 5.41) is 2.74. The van der Waals surface area contributed by atoms with Gasteiger partial charge < -0.3 is 10.1 Å². The van der Waals surface area contributed by atoms with Crippen molar-refractivity contribution < 1.29 is 17.9 Å². The van der Waals surface area contributed by atoms with E-state index in [0.717, 1.165) is 0 Å². The lowest BCUT2D eigenvalue weighted by Gasteiger charge is -2.34. The van der Waals surface area contributed by atoms with Crippen molar-refractivity contribution in [2.75, 3.05) is 18.4 Å². The summed E-state index contributed by atoms with van der Waals surface area (Å²) in [7, 11) is -3.62. The molecule has 2 atom stereocenters. The van der Waals surface area contributed by atoms with Crippen LogP contribution in [0.25, 0.3) is 0 Å². The molecule has 1 aliphatic heterocycles. The first-order valence-corrected chi connectivity index (χ1v) is 9.77. The minimum absolute atomic E-state index is 0.154. The van der Waals surface area contributed by atoms with Gasteiger partial charge in [0, 0.05) is 36.7 Å². The van der Waals surface area contributed by atoms with E-state index in [4.69, 9.17) is 4.74 Å². The van der Waals surface area contributed by atoms with Gasteiger partial charge in [0.25, 0.3) is 5.91 Å². The summed E-state index contributed by atoms with van der Waals surface area (Å²) < 4.78 is 32.6. The van der Waals surface area contributed by atoms with Crippen LogP contribution in [0.4, 0.5) is 5.69 Å². The highest BCUT2D eigenvalue weighted by atomic mass is 32.2. The molecule has 7 nitrogen and oxygen atoms in total. The van der Waals surface area contributed by atoms with Gasteiger partial charge in [0.1, 0.15) is 0 Å². The van der Waals surface area contributed by atoms with E-state index >= 15 is 0 Å². The van der Waals surface area contributed by atoms with Crippen LogP contribution in [0.5, 0.6) is 0 Å². The third-order valence-corrected chi connectivity index (χ3v) is 5.92. The number of hydrogen-bond acceptors (Lipinski definition) is 5. The Morgan fingerprint density at radius 2 is 1.65 bits per heavy atom. The van der Waals surface area contributed by atoms with Crippen LogP contribution in [0, 0.1) is 0 Å². The number of benzene rings is 1. The molecule has 0 aliphatic carbocycles. The van der Waals surface area contributed by atoms with Gasteiger partial charge in [-0.25, -0.2) is 8.42 Å². The van der Waals surface area contributed by atoms with Gasteiger partial charge in [-0.2, -0.15) is 4.31 Å². The number of rotatable bonds is 4. The highest BCUT2D eigenvalue weighted by Gasteiger charge is 2.32. The Bertz CT molecular complexity index is 859. The highest BCUT2D eigenvalue weighted by Crippen LogP contribution is 2.21. The van der Waals surface area contributed by atoms with Crippen LogP contribution in [-0.2, 0) is 14.8 Å². The molecule has 26 heavy (non-hydrogen) atoms. The number of carbonyl (C=O) groups excluding carboxylic acids is 1. The van der Waals surface area contributed by atoms with Gasteiger partial charge in [0.15, 0.2) is 0 Å². The van der Waals surface area contributed by atoms with Gasteiger partial charge in [-0.05, 0) is 50.2 Å². The molecule has 3 rings (SSSR count). The first-order valence-electron chi connectivity index (χ1n) is 8.33. The molecule has 1 N–H and O–H groups in total. The van der Waals surface area contributed by atoms with Gasteiger partial charge >= 0.3 is 0 Å². The summed E-state index contributed by atoms with van der Waals surface area (Å²) in [5.74, 6) is -0.311. The van der Waals surface area contributed by atoms with Crippen LogP contribution in [0.15, 0.2) is 53.7 Å². The topological polar surface area (TPSA) is 88.6 Å². The molecule has 2 heterocycles. The Morgan fingerprint density at radius 1 is 1.08 bits per heavy atom. The molecule has 0 radical (unpaired) electrons. The van der Waals surface area contributed by atoms with Crippen molar-refractivity contribution in [3.8, 4) is 0 Å². The number of nitrogens with one attached hydrogen (secondary N) is 1. The van der Waals surface area contributed by atoms with Crippen LogP contribution >= 0.6 is 0 Å². The number of aromatic nitrogens is 1. The minimum atomic E-state index is -3.62. The van der Waals surface area contributed by atoms with Gasteiger partial charge in [0.05, 0.1) is 17.1 Å². The zero-order valence-electron chi connectivity index (χ0n) is 14.6. The molecular weight excluding hydrogens is 354 g/mol. The van der Waals surface area contributed by atoms with Crippen LogP contribution in [0.1, 0.15) is 24.2 Å². The van der Waals surface area contributed by atoms with Crippen molar-refractivity contribution in [1.82, 2.24) is 9.29 Å². The molecule has 1 fully saturated rings. The number of sulfonamides is 1. The molecule has 1 amide bonds. The summed E-state index contributed by atoms with van der Waals surface area (Å²) in [4.78, 5) is 16.3. The maximum Gasteiger partial charge on any atom is 0.255 e. The van der Waals surface area contributed by atoms with Crippen molar-refractivity contribution in [2.24, 2.45) is 0 Å². The SMILES string of the molecule is C[C@H]1CN(S(=O)(=O)c2ccc(C(=O)Nc3ccncc3)cc2)C[C@H](C)O1. The average Bonchev–Trinajstić information content (AvgIpc) is 2.62. The molecule has 0 saturated carbocycles.